The minimum absolute atomic E-state index is 0.0191. The molecule has 10 heteroatoms. The number of likely N-dealkylation sites (N-methyl/N-ethyl adjacent to an activating group) is 1. The molecule has 0 aliphatic carbocycles. The van der Waals surface area contributed by atoms with Crippen molar-refractivity contribution in [1.29, 1.82) is 0 Å². The van der Waals surface area contributed by atoms with Crippen LogP contribution in [0.15, 0.2) is 61.3 Å². The van der Waals surface area contributed by atoms with Crippen LogP contribution >= 0.6 is 23.2 Å². The van der Waals surface area contributed by atoms with Gasteiger partial charge in [0.2, 0.25) is 0 Å². The van der Waals surface area contributed by atoms with Crippen LogP contribution in [-0.2, 0) is 20.0 Å². The van der Waals surface area contributed by atoms with Crippen molar-refractivity contribution >= 4 is 62.7 Å². The van der Waals surface area contributed by atoms with Crippen LogP contribution in [0.3, 0.4) is 0 Å². The van der Waals surface area contributed by atoms with Gasteiger partial charge in [-0.1, -0.05) is 55.8 Å². The van der Waals surface area contributed by atoms with Crippen LogP contribution in [0.4, 0.5) is 5.82 Å². The van der Waals surface area contributed by atoms with Crippen LogP contribution in [0.5, 0.6) is 5.75 Å². The molecule has 0 aliphatic heterocycles. The lowest BCUT2D eigenvalue weighted by atomic mass is 9.98. The molecule has 8 nitrogen and oxygen atoms in total. The molecule has 3 heterocycles. The molecule has 0 fully saturated rings. The zero-order valence-electron chi connectivity index (χ0n) is 31.3. The van der Waals surface area contributed by atoms with Crippen LogP contribution in [-0.4, -0.2) is 50.9 Å². The number of rotatable bonds is 12. The molecule has 3 aromatic heterocycles. The first-order valence-corrected chi connectivity index (χ1v) is 18.3. The largest absolute Gasteiger partial charge is 0.508 e. The third-order valence-electron chi connectivity index (χ3n) is 9.54. The highest BCUT2D eigenvalue weighted by atomic mass is 35.5. The van der Waals surface area contributed by atoms with Crippen LogP contribution in [0.1, 0.15) is 64.4 Å². The van der Waals surface area contributed by atoms with Crippen molar-refractivity contribution in [2.45, 2.75) is 60.9 Å². The van der Waals surface area contributed by atoms with Crippen LogP contribution in [0, 0.1) is 27.7 Å². The van der Waals surface area contributed by atoms with Crippen LogP contribution in [0.25, 0.3) is 38.6 Å². The fourth-order valence-electron chi connectivity index (χ4n) is 6.94. The van der Waals surface area contributed by atoms with Crippen molar-refractivity contribution in [3.8, 4) is 16.9 Å². The monoisotopic (exact) mass is 739 g/mol. The van der Waals surface area contributed by atoms with E-state index in [9.17, 15) is 9.90 Å². The summed E-state index contributed by atoms with van der Waals surface area (Å²) in [4.78, 5) is 19.9. The van der Waals surface area contributed by atoms with E-state index in [1.807, 2.05) is 109 Å². The van der Waals surface area contributed by atoms with Gasteiger partial charge in [0.05, 0.1) is 28.5 Å². The maximum absolute atomic E-state index is 13.1. The molecule has 0 atom stereocenters. The summed E-state index contributed by atoms with van der Waals surface area (Å²) >= 11 is 13.4. The Morgan fingerprint density at radius 2 is 1.69 bits per heavy atom. The number of nitrogens with zero attached hydrogens (tertiary/aromatic N) is 5. The number of halogens is 2. The second kappa shape index (κ2) is 16.3. The zero-order valence-corrected chi connectivity index (χ0v) is 32.8. The number of aldehydes is 1. The summed E-state index contributed by atoms with van der Waals surface area (Å²) in [5.74, 6) is 1.59. The molecule has 6 aromatic rings. The summed E-state index contributed by atoms with van der Waals surface area (Å²) in [6.45, 7) is 17.2. The van der Waals surface area contributed by atoms with E-state index in [0.717, 1.165) is 83.8 Å². The number of hydrogen-bond acceptors (Lipinski definition) is 6. The molecular weight excluding hydrogens is 693 g/mol. The molecule has 272 valence electrons. The van der Waals surface area contributed by atoms with Crippen molar-refractivity contribution in [2.75, 3.05) is 25.1 Å². The molecule has 0 amide bonds. The molecule has 0 bridgehead atoms. The Balaban J connectivity index is 0.00000257. The van der Waals surface area contributed by atoms with Gasteiger partial charge in [0.25, 0.3) is 0 Å². The number of hydrogen-bond donors (Lipinski definition) is 1. The van der Waals surface area contributed by atoms with E-state index in [-0.39, 0.29) is 5.76 Å². The molecule has 0 radical (unpaired) electrons. The summed E-state index contributed by atoms with van der Waals surface area (Å²) in [6, 6.07) is 15.5. The zero-order chi connectivity index (χ0) is 37.9. The Bertz CT molecular complexity index is 2260. The van der Waals surface area contributed by atoms with Gasteiger partial charge in [0.15, 0.2) is 6.29 Å². The lowest BCUT2D eigenvalue weighted by molar-refractivity contribution is 0.111. The minimum Gasteiger partial charge on any atom is -0.508 e. The van der Waals surface area contributed by atoms with Gasteiger partial charge < -0.3 is 19.3 Å². The SMILES string of the molecule is C=C(O)c1ccc2c(N(C)CCn3c(C=O)c(CCCOc4cc(C)c(Cl)c(C)c4)c4ccc(Cl)c(-c5c(C)nn(C)c5C)c43)nccc2c1.CC. The number of carbonyl (C=O) groups is 1. The first-order valence-electron chi connectivity index (χ1n) is 17.6. The van der Waals surface area contributed by atoms with Crippen LogP contribution in [0.2, 0.25) is 10.0 Å². The molecule has 0 saturated heterocycles. The first kappa shape index (κ1) is 38.4. The Labute approximate surface area is 316 Å². The smallest absolute Gasteiger partial charge is 0.166 e. The van der Waals surface area contributed by atoms with Gasteiger partial charge in [0.1, 0.15) is 17.3 Å². The van der Waals surface area contributed by atoms with Gasteiger partial charge in [0, 0.05) is 71.6 Å². The maximum atomic E-state index is 13.1. The predicted molar refractivity (Wildman–Crippen MR) is 217 cm³/mol. The second-order valence-corrected chi connectivity index (χ2v) is 13.7. The van der Waals surface area contributed by atoms with Gasteiger partial charge in [-0.2, -0.15) is 5.10 Å². The summed E-state index contributed by atoms with van der Waals surface area (Å²) in [5, 5.41) is 18.9. The third kappa shape index (κ3) is 7.41. The van der Waals surface area contributed by atoms with Gasteiger partial charge in [-0.3, -0.25) is 9.48 Å². The molecule has 0 spiro atoms. The van der Waals surface area contributed by atoms with Gasteiger partial charge in [-0.05, 0) is 99.0 Å². The molecule has 0 saturated carbocycles. The molecular formula is C42H47Cl2N5O3. The second-order valence-electron chi connectivity index (χ2n) is 12.9. The topological polar surface area (TPSA) is 85.4 Å². The molecule has 0 unspecified atom stereocenters. The average molecular weight is 741 g/mol. The molecule has 1 N–H and O–H groups in total. The normalized spacial score (nSPS) is 11.1. The molecule has 52 heavy (non-hydrogen) atoms. The quantitative estimate of drug-likeness (QED) is 0.0764. The third-order valence-corrected chi connectivity index (χ3v) is 10.5. The average Bonchev–Trinajstić information content (AvgIpc) is 3.57. The number of fused-ring (bicyclic) bond motifs is 2. The number of anilines is 1. The first-order chi connectivity index (χ1) is 24.9. The summed E-state index contributed by atoms with van der Waals surface area (Å²) in [7, 11) is 3.92. The number of aryl methyl sites for hydroxylation is 5. The highest BCUT2D eigenvalue weighted by Crippen LogP contribution is 2.42. The summed E-state index contributed by atoms with van der Waals surface area (Å²) < 4.78 is 10.1. The highest BCUT2D eigenvalue weighted by Gasteiger charge is 2.25. The Morgan fingerprint density at radius 1 is 1.00 bits per heavy atom. The van der Waals surface area contributed by atoms with Gasteiger partial charge in [-0.25, -0.2) is 4.98 Å². The fourth-order valence-corrected chi connectivity index (χ4v) is 7.30. The van der Waals surface area contributed by atoms with Crippen molar-refractivity contribution < 1.29 is 14.6 Å². The van der Waals surface area contributed by atoms with E-state index in [4.69, 9.17) is 38.0 Å². The van der Waals surface area contributed by atoms with E-state index in [1.54, 1.807) is 6.20 Å². The summed E-state index contributed by atoms with van der Waals surface area (Å²) in [6.07, 6.45) is 4.06. The molecule has 3 aromatic carbocycles. The Hall–Kier alpha value is -4.79. The number of aromatic nitrogens is 4. The highest BCUT2D eigenvalue weighted by molar-refractivity contribution is 6.35. The van der Waals surface area contributed by atoms with E-state index in [1.165, 1.54) is 0 Å². The predicted octanol–water partition coefficient (Wildman–Crippen LogP) is 10.6. The van der Waals surface area contributed by atoms with E-state index in [2.05, 4.69) is 16.0 Å². The van der Waals surface area contributed by atoms with E-state index >= 15 is 0 Å². The van der Waals surface area contributed by atoms with E-state index < -0.39 is 0 Å². The molecule has 0 aliphatic rings. The van der Waals surface area contributed by atoms with Gasteiger partial charge in [-0.15, -0.1) is 0 Å². The summed E-state index contributed by atoms with van der Waals surface area (Å²) in [5.41, 5.74) is 8.78. The number of ether oxygens (including phenoxy) is 1. The minimum atomic E-state index is 0.0191. The Kier molecular flexibility index (Phi) is 12.0. The molecule has 6 rings (SSSR count). The Morgan fingerprint density at radius 3 is 2.33 bits per heavy atom. The van der Waals surface area contributed by atoms with Crippen molar-refractivity contribution in [2.24, 2.45) is 7.05 Å². The number of pyridine rings is 1. The number of aliphatic hydroxyl groups excluding tert-OH is 1. The van der Waals surface area contributed by atoms with Crippen LogP contribution < -0.4 is 9.64 Å². The van der Waals surface area contributed by atoms with E-state index in [0.29, 0.717) is 48.8 Å². The van der Waals surface area contributed by atoms with Gasteiger partial charge >= 0.3 is 0 Å². The standard InChI is InChI=1S/C40H41Cl2N5O3.C2H6/c1-23-19-30(20-24(2)38(23)42)50-18-8-9-32-33-12-13-34(41)37(36-25(3)44-46(7)26(36)4)39(33)47(35(32)22-48)17-16-45(6)40-31-11-10-28(27(5)49)21-29(31)14-15-43-40;1-2/h10-15,19-22,49H,5,8-9,16-18H2,1-4,6-7H3;1-2H3. The number of carbonyl (C=O) groups excluding carboxylic acids is 1. The van der Waals surface area contributed by atoms with Crippen molar-refractivity contribution in [3.05, 3.63) is 111 Å². The van der Waals surface area contributed by atoms with Crippen molar-refractivity contribution in [3.63, 3.8) is 0 Å². The fraction of sp³-hybridized carbons (Fsp3) is 0.310. The lowest BCUT2D eigenvalue weighted by Gasteiger charge is -2.22. The number of benzene rings is 3. The lowest BCUT2D eigenvalue weighted by Crippen LogP contribution is -2.24. The van der Waals surface area contributed by atoms with Crippen molar-refractivity contribution in [1.82, 2.24) is 19.3 Å². The number of aliphatic hydroxyl groups is 1. The maximum Gasteiger partial charge on any atom is 0.166 e.